The Morgan fingerprint density at radius 1 is 2.00 bits per heavy atom. The molecule has 0 rings (SSSR count). The van der Waals surface area contributed by atoms with E-state index in [9.17, 15) is 0 Å². The zero-order valence-electron chi connectivity index (χ0n) is 3.27. The summed E-state index contributed by atoms with van der Waals surface area (Å²) in [6.45, 7) is 2.08. The fourth-order valence-electron chi connectivity index (χ4n) is 0. The van der Waals surface area contributed by atoms with Crippen LogP contribution in [0.15, 0.2) is 0 Å². The second kappa shape index (κ2) is 2.86. The average Bonchev–Trinajstić information content (AvgIpc) is 1.38. The first kappa shape index (κ1) is 5.65. The minimum absolute atomic E-state index is 0.394. The molecular formula is C3H8MoN. The number of rotatable bonds is 1. The maximum atomic E-state index is 5.30. The van der Waals surface area contributed by atoms with E-state index in [1.54, 1.807) is 0 Å². The minimum atomic E-state index is 0.394. The molecule has 0 radical (unpaired) electrons. The van der Waals surface area contributed by atoms with E-state index >= 15 is 0 Å². The Morgan fingerprint density at radius 2 is 2.20 bits per heavy atom. The van der Waals surface area contributed by atoms with E-state index in [1.807, 2.05) is 19.8 Å². The van der Waals surface area contributed by atoms with Gasteiger partial charge in [-0.15, -0.1) is 0 Å². The van der Waals surface area contributed by atoms with Crippen LogP contribution in [0.25, 0.3) is 0 Å². The summed E-state index contributed by atoms with van der Waals surface area (Å²) in [5, 5.41) is 0. The van der Waals surface area contributed by atoms with Gasteiger partial charge in [0.2, 0.25) is 0 Å². The van der Waals surface area contributed by atoms with Crippen LogP contribution in [0.2, 0.25) is 0 Å². The van der Waals surface area contributed by atoms with Gasteiger partial charge in [0.15, 0.2) is 0 Å². The first-order valence-electron chi connectivity index (χ1n) is 1.68. The molecule has 0 aromatic rings. The van der Waals surface area contributed by atoms with Crippen molar-refractivity contribution >= 4 is 0 Å². The number of hydrogen-bond acceptors (Lipinski definition) is 1. The molecule has 2 heteroatoms. The van der Waals surface area contributed by atoms with Gasteiger partial charge in [0.25, 0.3) is 0 Å². The molecule has 0 aliphatic rings. The summed E-state index contributed by atoms with van der Waals surface area (Å²) < 4.78 is 0.394. The quantitative estimate of drug-likeness (QED) is 0.537. The van der Waals surface area contributed by atoms with Crippen molar-refractivity contribution in [1.29, 1.82) is 0 Å². The predicted molar refractivity (Wildman–Crippen MR) is 18.3 cm³/mol. The molecule has 0 spiro atoms. The zero-order chi connectivity index (χ0) is 4.28. The second-order valence-corrected chi connectivity index (χ2v) is 2.44. The van der Waals surface area contributed by atoms with Gasteiger partial charge in [0.05, 0.1) is 0 Å². The molecule has 1 nitrogen and oxygen atoms in total. The van der Waals surface area contributed by atoms with Gasteiger partial charge in [0.1, 0.15) is 0 Å². The molecule has 0 amide bonds. The van der Waals surface area contributed by atoms with Gasteiger partial charge in [-0.3, -0.25) is 0 Å². The first-order chi connectivity index (χ1) is 2.27. The van der Waals surface area contributed by atoms with E-state index < -0.39 is 0 Å². The summed E-state index contributed by atoms with van der Waals surface area (Å²) in [6.07, 6.45) is 1.09. The SMILES string of the molecule is CC[CH](N)[Mo]. The molecule has 0 aromatic heterocycles. The van der Waals surface area contributed by atoms with Gasteiger partial charge in [-0.05, 0) is 0 Å². The first-order valence-corrected chi connectivity index (χ1v) is 2.84. The Morgan fingerprint density at radius 3 is 2.20 bits per heavy atom. The summed E-state index contributed by atoms with van der Waals surface area (Å²) in [4.78, 5) is 0. The Balaban J connectivity index is 2.54. The van der Waals surface area contributed by atoms with E-state index in [1.165, 1.54) is 0 Å². The third-order valence-electron chi connectivity index (χ3n) is 0.402. The van der Waals surface area contributed by atoms with Crippen molar-refractivity contribution in [3.63, 3.8) is 0 Å². The number of nitrogens with two attached hydrogens (primary N) is 1. The van der Waals surface area contributed by atoms with Gasteiger partial charge in [-0.2, -0.15) is 0 Å². The van der Waals surface area contributed by atoms with Crippen molar-refractivity contribution < 1.29 is 19.8 Å². The average molecular weight is 154 g/mol. The third-order valence-corrected chi connectivity index (χ3v) is 1.22. The van der Waals surface area contributed by atoms with Crippen LogP contribution in [0, 0.1) is 0 Å². The molecule has 0 saturated heterocycles. The van der Waals surface area contributed by atoms with Crippen molar-refractivity contribution in [2.75, 3.05) is 0 Å². The van der Waals surface area contributed by atoms with E-state index in [2.05, 4.69) is 6.92 Å². The van der Waals surface area contributed by atoms with Crippen molar-refractivity contribution in [3.8, 4) is 0 Å². The molecule has 0 aromatic carbocycles. The zero-order valence-corrected chi connectivity index (χ0v) is 5.28. The van der Waals surface area contributed by atoms with E-state index in [4.69, 9.17) is 5.73 Å². The van der Waals surface area contributed by atoms with Crippen LogP contribution in [0.3, 0.4) is 0 Å². The molecule has 0 fully saturated rings. The fraction of sp³-hybridized carbons (Fsp3) is 1.00. The van der Waals surface area contributed by atoms with Crippen LogP contribution in [-0.2, 0) is 19.8 Å². The van der Waals surface area contributed by atoms with Crippen LogP contribution in [0.4, 0.5) is 0 Å². The van der Waals surface area contributed by atoms with Gasteiger partial charge < -0.3 is 0 Å². The van der Waals surface area contributed by atoms with Gasteiger partial charge >= 0.3 is 43.3 Å². The van der Waals surface area contributed by atoms with Crippen LogP contribution in [0.1, 0.15) is 13.3 Å². The van der Waals surface area contributed by atoms with Crippen LogP contribution < -0.4 is 5.73 Å². The van der Waals surface area contributed by atoms with E-state index in [0.29, 0.717) is 4.43 Å². The molecule has 0 aliphatic carbocycles. The Hall–Kier alpha value is 0.648. The Labute approximate surface area is 43.8 Å². The molecule has 0 heterocycles. The standard InChI is InChI=1S/C3H8N.Mo/c1-2-3-4;/h3H,2,4H2,1H3;. The van der Waals surface area contributed by atoms with Gasteiger partial charge in [-0.25, -0.2) is 0 Å². The fourth-order valence-corrected chi connectivity index (χ4v) is 0. The van der Waals surface area contributed by atoms with Gasteiger partial charge in [-0.1, -0.05) is 0 Å². The molecule has 5 heavy (non-hydrogen) atoms. The van der Waals surface area contributed by atoms with Crippen molar-refractivity contribution in [2.24, 2.45) is 5.73 Å². The molecule has 1 unspecified atom stereocenters. The molecular weight excluding hydrogens is 146 g/mol. The molecule has 2 N–H and O–H groups in total. The summed E-state index contributed by atoms with van der Waals surface area (Å²) in [7, 11) is 0. The van der Waals surface area contributed by atoms with Crippen LogP contribution in [-0.4, -0.2) is 4.43 Å². The summed E-state index contributed by atoms with van der Waals surface area (Å²) >= 11 is 1.94. The molecule has 0 bridgehead atoms. The van der Waals surface area contributed by atoms with E-state index in [0.717, 1.165) is 6.42 Å². The van der Waals surface area contributed by atoms with Crippen molar-refractivity contribution in [3.05, 3.63) is 0 Å². The Kier molecular flexibility index (Phi) is 3.23. The monoisotopic (exact) mass is 156 g/mol. The summed E-state index contributed by atoms with van der Waals surface area (Å²) in [5.74, 6) is 0. The second-order valence-electron chi connectivity index (χ2n) is 0.947. The number of hydrogen-bond donors (Lipinski definition) is 1. The predicted octanol–water partition coefficient (Wildman–Crippen LogP) is 0.228. The normalized spacial score (nSPS) is 14.8. The Bertz CT molecular complexity index is 20.9. The summed E-state index contributed by atoms with van der Waals surface area (Å²) in [5.41, 5.74) is 5.30. The van der Waals surface area contributed by atoms with E-state index in [-0.39, 0.29) is 0 Å². The molecule has 0 aliphatic heterocycles. The van der Waals surface area contributed by atoms with Crippen molar-refractivity contribution in [2.45, 2.75) is 17.8 Å². The maximum absolute atomic E-state index is 5.30. The summed E-state index contributed by atoms with van der Waals surface area (Å²) in [6, 6.07) is 0. The van der Waals surface area contributed by atoms with Crippen LogP contribution in [0.5, 0.6) is 0 Å². The molecule has 1 atom stereocenters. The topological polar surface area (TPSA) is 26.0 Å². The van der Waals surface area contributed by atoms with Gasteiger partial charge in [0, 0.05) is 0 Å². The third kappa shape index (κ3) is 4.65. The van der Waals surface area contributed by atoms with Crippen LogP contribution >= 0.6 is 0 Å². The van der Waals surface area contributed by atoms with Crippen molar-refractivity contribution in [1.82, 2.24) is 0 Å². The molecule has 0 saturated carbocycles. The molecule has 31 valence electrons.